The molecule has 0 aromatic rings. The van der Waals surface area contributed by atoms with E-state index in [1.807, 2.05) is 0 Å². The van der Waals surface area contributed by atoms with Gasteiger partial charge in [-0.3, -0.25) is 0 Å². The Hall–Kier alpha value is -0.590. The molecule has 0 rings (SSSR count). The number of rotatable bonds is 6. The van der Waals surface area contributed by atoms with Gasteiger partial charge < -0.3 is 4.79 Å². The average molecular weight is 154 g/mol. The highest BCUT2D eigenvalue weighted by atomic mass is 16.1. The third-order valence-corrected chi connectivity index (χ3v) is 1.82. The van der Waals surface area contributed by atoms with Gasteiger partial charge in [-0.05, 0) is 25.7 Å². The van der Waals surface area contributed by atoms with E-state index in [2.05, 4.69) is 26.0 Å². The Labute approximate surface area is 69.5 Å². The zero-order valence-corrected chi connectivity index (χ0v) is 7.55. The minimum absolute atomic E-state index is 0.275. The van der Waals surface area contributed by atoms with Crippen molar-refractivity contribution in [1.29, 1.82) is 0 Å². The zero-order chi connectivity index (χ0) is 8.53. The summed E-state index contributed by atoms with van der Waals surface area (Å²) < 4.78 is 0. The summed E-state index contributed by atoms with van der Waals surface area (Å²) >= 11 is 0. The molecule has 0 N–H and O–H groups in total. The van der Waals surface area contributed by atoms with Crippen molar-refractivity contribution in [1.82, 2.24) is 0 Å². The van der Waals surface area contributed by atoms with Gasteiger partial charge in [0.05, 0.1) is 0 Å². The number of hydrogen-bond acceptors (Lipinski definition) is 1. The van der Waals surface area contributed by atoms with Gasteiger partial charge in [0.15, 0.2) is 0 Å². The number of carbonyl (C=O) groups excluding carboxylic acids is 1. The second-order valence-electron chi connectivity index (χ2n) is 2.76. The Balaban J connectivity index is 3.35. The topological polar surface area (TPSA) is 17.1 Å². The monoisotopic (exact) mass is 154 g/mol. The van der Waals surface area contributed by atoms with Crippen LogP contribution in [-0.4, -0.2) is 6.29 Å². The summed E-state index contributed by atoms with van der Waals surface area (Å²) in [6.07, 6.45) is 9.51. The van der Waals surface area contributed by atoms with Crippen molar-refractivity contribution < 1.29 is 4.79 Å². The van der Waals surface area contributed by atoms with Crippen LogP contribution >= 0.6 is 0 Å². The Morgan fingerprint density at radius 2 is 2.00 bits per heavy atom. The lowest BCUT2D eigenvalue weighted by Gasteiger charge is -2.02. The van der Waals surface area contributed by atoms with Crippen molar-refractivity contribution in [2.24, 2.45) is 5.92 Å². The van der Waals surface area contributed by atoms with Gasteiger partial charge in [-0.2, -0.15) is 0 Å². The van der Waals surface area contributed by atoms with E-state index in [0.717, 1.165) is 32.0 Å². The first kappa shape index (κ1) is 10.4. The first-order chi connectivity index (χ1) is 5.35. The molecule has 0 aromatic heterocycles. The lowest BCUT2D eigenvalue weighted by atomic mass is 10.0. The van der Waals surface area contributed by atoms with Crippen LogP contribution in [0.4, 0.5) is 0 Å². The molecule has 0 saturated carbocycles. The Bertz CT molecular complexity index is 116. The molecule has 1 heteroatoms. The molecule has 0 bridgehead atoms. The van der Waals surface area contributed by atoms with Crippen molar-refractivity contribution in [3.8, 4) is 0 Å². The quantitative estimate of drug-likeness (QED) is 0.424. The number of carbonyl (C=O) groups is 1. The third-order valence-electron chi connectivity index (χ3n) is 1.82. The molecule has 0 saturated heterocycles. The summed E-state index contributed by atoms with van der Waals surface area (Å²) in [6.45, 7) is 4.18. The third kappa shape index (κ3) is 5.84. The molecule has 11 heavy (non-hydrogen) atoms. The summed E-state index contributed by atoms with van der Waals surface area (Å²) in [5.41, 5.74) is 0. The summed E-state index contributed by atoms with van der Waals surface area (Å²) in [4.78, 5) is 10.4. The Morgan fingerprint density at radius 1 is 1.27 bits per heavy atom. The standard InChI is InChI=1S/C10H18O/c1-3-5-6-7-8-10(4-2)9-11/h5-6,9-10H,3-4,7-8H2,1-2H3. The summed E-state index contributed by atoms with van der Waals surface area (Å²) in [6, 6.07) is 0. The van der Waals surface area contributed by atoms with Crippen molar-refractivity contribution in [2.45, 2.75) is 39.5 Å². The van der Waals surface area contributed by atoms with Gasteiger partial charge in [0.25, 0.3) is 0 Å². The van der Waals surface area contributed by atoms with Gasteiger partial charge >= 0.3 is 0 Å². The van der Waals surface area contributed by atoms with E-state index in [-0.39, 0.29) is 5.92 Å². The second-order valence-corrected chi connectivity index (χ2v) is 2.76. The highest BCUT2D eigenvalue weighted by Gasteiger charge is 2.00. The van der Waals surface area contributed by atoms with Gasteiger partial charge in [0, 0.05) is 5.92 Å². The molecule has 0 aromatic carbocycles. The van der Waals surface area contributed by atoms with Crippen molar-refractivity contribution in [2.75, 3.05) is 0 Å². The SMILES string of the molecule is CCC=CCCC(C=O)CC. The highest BCUT2D eigenvalue weighted by molar-refractivity contribution is 5.53. The Kier molecular flexibility index (Phi) is 7.11. The predicted molar refractivity (Wildman–Crippen MR) is 48.5 cm³/mol. The molecule has 0 fully saturated rings. The second kappa shape index (κ2) is 7.52. The molecule has 0 amide bonds. The first-order valence-corrected chi connectivity index (χ1v) is 4.45. The molecular weight excluding hydrogens is 136 g/mol. The fourth-order valence-electron chi connectivity index (χ4n) is 0.963. The Morgan fingerprint density at radius 3 is 2.45 bits per heavy atom. The van der Waals surface area contributed by atoms with Crippen LogP contribution in [0, 0.1) is 5.92 Å². The molecule has 0 radical (unpaired) electrons. The normalized spacial score (nSPS) is 13.6. The molecule has 0 heterocycles. The fraction of sp³-hybridized carbons (Fsp3) is 0.700. The van der Waals surface area contributed by atoms with E-state index in [9.17, 15) is 4.79 Å². The van der Waals surface area contributed by atoms with E-state index in [4.69, 9.17) is 0 Å². The number of allylic oxidation sites excluding steroid dienone is 2. The van der Waals surface area contributed by atoms with Crippen LogP contribution in [0.15, 0.2) is 12.2 Å². The highest BCUT2D eigenvalue weighted by Crippen LogP contribution is 2.07. The molecular formula is C10H18O. The van der Waals surface area contributed by atoms with Gasteiger partial charge in [0.2, 0.25) is 0 Å². The maximum atomic E-state index is 10.4. The van der Waals surface area contributed by atoms with Gasteiger partial charge in [-0.15, -0.1) is 0 Å². The van der Waals surface area contributed by atoms with Crippen LogP contribution in [-0.2, 0) is 4.79 Å². The van der Waals surface area contributed by atoms with Crippen molar-refractivity contribution >= 4 is 6.29 Å². The van der Waals surface area contributed by atoms with E-state index in [0.29, 0.717) is 0 Å². The average Bonchev–Trinajstić information content (AvgIpc) is 2.05. The minimum atomic E-state index is 0.275. The van der Waals surface area contributed by atoms with Crippen molar-refractivity contribution in [3.63, 3.8) is 0 Å². The lowest BCUT2D eigenvalue weighted by molar-refractivity contribution is -0.111. The van der Waals surface area contributed by atoms with Crippen LogP contribution in [0.1, 0.15) is 39.5 Å². The van der Waals surface area contributed by atoms with Crippen LogP contribution < -0.4 is 0 Å². The molecule has 64 valence electrons. The van der Waals surface area contributed by atoms with Crippen LogP contribution in [0.25, 0.3) is 0 Å². The molecule has 0 aliphatic rings. The van der Waals surface area contributed by atoms with E-state index >= 15 is 0 Å². The smallest absolute Gasteiger partial charge is 0.123 e. The van der Waals surface area contributed by atoms with E-state index < -0.39 is 0 Å². The van der Waals surface area contributed by atoms with Crippen LogP contribution in [0.2, 0.25) is 0 Å². The number of aldehydes is 1. The summed E-state index contributed by atoms with van der Waals surface area (Å²) in [7, 11) is 0. The van der Waals surface area contributed by atoms with Gasteiger partial charge in [-0.25, -0.2) is 0 Å². The molecule has 1 nitrogen and oxygen atoms in total. The predicted octanol–water partition coefficient (Wildman–Crippen LogP) is 2.96. The van der Waals surface area contributed by atoms with Crippen LogP contribution in [0.3, 0.4) is 0 Å². The van der Waals surface area contributed by atoms with E-state index in [1.165, 1.54) is 0 Å². The van der Waals surface area contributed by atoms with Crippen molar-refractivity contribution in [3.05, 3.63) is 12.2 Å². The largest absolute Gasteiger partial charge is 0.303 e. The maximum absolute atomic E-state index is 10.4. The maximum Gasteiger partial charge on any atom is 0.123 e. The minimum Gasteiger partial charge on any atom is -0.303 e. The molecule has 0 aliphatic carbocycles. The van der Waals surface area contributed by atoms with Gasteiger partial charge in [0.1, 0.15) is 6.29 Å². The van der Waals surface area contributed by atoms with Crippen LogP contribution in [0.5, 0.6) is 0 Å². The van der Waals surface area contributed by atoms with Gasteiger partial charge in [-0.1, -0.05) is 26.0 Å². The molecule has 1 atom stereocenters. The first-order valence-electron chi connectivity index (χ1n) is 4.45. The summed E-state index contributed by atoms with van der Waals surface area (Å²) in [5, 5.41) is 0. The summed E-state index contributed by atoms with van der Waals surface area (Å²) in [5.74, 6) is 0.275. The fourth-order valence-corrected chi connectivity index (χ4v) is 0.963. The van der Waals surface area contributed by atoms with E-state index in [1.54, 1.807) is 0 Å². The molecule has 1 unspecified atom stereocenters. The number of hydrogen-bond donors (Lipinski definition) is 0. The molecule has 0 aliphatic heterocycles. The lowest BCUT2D eigenvalue weighted by Crippen LogP contribution is -1.98. The zero-order valence-electron chi connectivity index (χ0n) is 7.55. The molecule has 0 spiro atoms.